The van der Waals surface area contributed by atoms with Crippen molar-refractivity contribution in [2.45, 2.75) is 27.7 Å². The summed E-state index contributed by atoms with van der Waals surface area (Å²) in [4.78, 5) is 20.9. The van der Waals surface area contributed by atoms with Gasteiger partial charge in [0.15, 0.2) is 11.6 Å². The van der Waals surface area contributed by atoms with Crippen LogP contribution in [0, 0.1) is 33.5 Å². The average Bonchev–Trinajstić information content (AvgIpc) is 2.91. The quantitative estimate of drug-likeness (QED) is 0.746. The number of para-hydroxylation sites is 1. The van der Waals surface area contributed by atoms with Crippen molar-refractivity contribution >= 4 is 11.6 Å². The predicted octanol–water partition coefficient (Wildman–Crippen LogP) is 4.49. The Balaban J connectivity index is 1.85. The first kappa shape index (κ1) is 17.6. The van der Waals surface area contributed by atoms with E-state index < -0.39 is 5.82 Å². The van der Waals surface area contributed by atoms with Gasteiger partial charge in [-0.05, 0) is 45.9 Å². The van der Waals surface area contributed by atoms with Crippen molar-refractivity contribution in [2.24, 2.45) is 0 Å². The van der Waals surface area contributed by atoms with Gasteiger partial charge in [0.1, 0.15) is 11.5 Å². The Morgan fingerprint density at radius 2 is 1.77 bits per heavy atom. The van der Waals surface area contributed by atoms with E-state index in [-0.39, 0.29) is 17.7 Å². The fourth-order valence-corrected chi connectivity index (χ4v) is 2.58. The van der Waals surface area contributed by atoms with Crippen molar-refractivity contribution in [3.8, 4) is 11.8 Å². The molecule has 0 saturated heterocycles. The average molecular weight is 355 g/mol. The van der Waals surface area contributed by atoms with E-state index in [1.165, 1.54) is 12.1 Å². The van der Waals surface area contributed by atoms with Crippen LogP contribution >= 0.6 is 0 Å². The molecule has 26 heavy (non-hydrogen) atoms. The number of hydrogen-bond donors (Lipinski definition) is 1. The van der Waals surface area contributed by atoms with E-state index in [0.717, 1.165) is 0 Å². The largest absolute Gasteiger partial charge is 0.466 e. The van der Waals surface area contributed by atoms with Crippen molar-refractivity contribution in [1.29, 1.82) is 0 Å². The Labute approximate surface area is 150 Å². The fraction of sp³-hybridized carbons (Fsp3) is 0.211. The molecule has 2 aromatic heterocycles. The third-order valence-electron chi connectivity index (χ3n) is 3.81. The summed E-state index contributed by atoms with van der Waals surface area (Å²) in [5.41, 5.74) is 1.95. The molecule has 7 heteroatoms. The lowest BCUT2D eigenvalue weighted by Gasteiger charge is -2.12. The third-order valence-corrected chi connectivity index (χ3v) is 3.81. The lowest BCUT2D eigenvalue weighted by molar-refractivity contribution is 0.102. The van der Waals surface area contributed by atoms with Gasteiger partial charge in [0.2, 0.25) is 0 Å². The smallest absolute Gasteiger partial charge is 0.322 e. The summed E-state index contributed by atoms with van der Waals surface area (Å²) in [6.07, 6.45) is 0. The number of aryl methyl sites for hydroxylation is 4. The maximum atomic E-state index is 13.7. The maximum Gasteiger partial charge on any atom is 0.322 e. The van der Waals surface area contributed by atoms with Gasteiger partial charge in [-0.15, -0.1) is 0 Å². The van der Waals surface area contributed by atoms with Crippen LogP contribution in [0.1, 0.15) is 33.3 Å². The normalized spacial score (nSPS) is 10.7. The summed E-state index contributed by atoms with van der Waals surface area (Å²) >= 11 is 0. The number of aromatic nitrogens is 2. The summed E-state index contributed by atoms with van der Waals surface area (Å²) in [7, 11) is 0. The summed E-state index contributed by atoms with van der Waals surface area (Å²) < 4.78 is 24.5. The van der Waals surface area contributed by atoms with E-state index in [2.05, 4.69) is 15.3 Å². The number of furan rings is 1. The van der Waals surface area contributed by atoms with Crippen LogP contribution in [0.4, 0.5) is 10.1 Å². The summed E-state index contributed by atoms with van der Waals surface area (Å²) in [5.74, 6) is 0.417. The molecule has 0 aliphatic carbocycles. The van der Waals surface area contributed by atoms with Crippen LogP contribution < -0.4 is 10.1 Å². The van der Waals surface area contributed by atoms with E-state index in [0.29, 0.717) is 34.2 Å². The molecule has 0 radical (unpaired) electrons. The van der Waals surface area contributed by atoms with Crippen molar-refractivity contribution in [1.82, 2.24) is 9.97 Å². The standard InChI is InChI=1S/C19H18FN3O3/c1-10-9-14(13(4)25-10)18(24)23-17-11(2)21-19(22-12(17)3)26-16-8-6-5-7-15(16)20/h5-9H,1-4H3,(H,23,24). The fourth-order valence-electron chi connectivity index (χ4n) is 2.58. The zero-order chi connectivity index (χ0) is 18.8. The number of ether oxygens (including phenoxy) is 1. The second kappa shape index (κ2) is 6.95. The van der Waals surface area contributed by atoms with Crippen molar-refractivity contribution < 1.29 is 18.3 Å². The highest BCUT2D eigenvalue weighted by molar-refractivity contribution is 6.05. The van der Waals surface area contributed by atoms with Gasteiger partial charge in [-0.1, -0.05) is 12.1 Å². The lowest BCUT2D eigenvalue weighted by Crippen LogP contribution is -2.15. The van der Waals surface area contributed by atoms with Crippen LogP contribution in [0.5, 0.6) is 11.8 Å². The Morgan fingerprint density at radius 3 is 2.35 bits per heavy atom. The van der Waals surface area contributed by atoms with Crippen LogP contribution in [0.2, 0.25) is 0 Å². The molecule has 1 amide bonds. The number of nitrogens with zero attached hydrogens (tertiary/aromatic N) is 2. The molecule has 0 saturated carbocycles. The number of anilines is 1. The molecule has 3 aromatic rings. The predicted molar refractivity (Wildman–Crippen MR) is 94.1 cm³/mol. The number of benzene rings is 1. The highest BCUT2D eigenvalue weighted by Gasteiger charge is 2.18. The summed E-state index contributed by atoms with van der Waals surface area (Å²) in [6, 6.07) is 7.69. The van der Waals surface area contributed by atoms with Crippen LogP contribution in [0.15, 0.2) is 34.7 Å². The van der Waals surface area contributed by atoms with Crippen molar-refractivity contribution in [3.05, 3.63) is 64.6 Å². The third kappa shape index (κ3) is 3.56. The molecule has 2 heterocycles. The summed E-state index contributed by atoms with van der Waals surface area (Å²) in [6.45, 7) is 6.93. The van der Waals surface area contributed by atoms with Gasteiger partial charge >= 0.3 is 6.01 Å². The van der Waals surface area contributed by atoms with E-state index in [4.69, 9.17) is 9.15 Å². The first-order chi connectivity index (χ1) is 12.3. The SMILES string of the molecule is Cc1cc(C(=O)Nc2c(C)nc(Oc3ccccc3F)nc2C)c(C)o1. The number of halogens is 1. The Bertz CT molecular complexity index is 959. The lowest BCUT2D eigenvalue weighted by atomic mass is 10.2. The monoisotopic (exact) mass is 355 g/mol. The molecule has 0 bridgehead atoms. The number of nitrogens with one attached hydrogen (secondary N) is 1. The maximum absolute atomic E-state index is 13.7. The van der Waals surface area contributed by atoms with Gasteiger partial charge in [0.25, 0.3) is 5.91 Å². The van der Waals surface area contributed by atoms with Gasteiger partial charge in [-0.3, -0.25) is 4.79 Å². The van der Waals surface area contributed by atoms with Gasteiger partial charge in [-0.25, -0.2) is 4.39 Å². The molecule has 6 nitrogen and oxygen atoms in total. The molecule has 134 valence electrons. The van der Waals surface area contributed by atoms with Gasteiger partial charge < -0.3 is 14.5 Å². The number of amides is 1. The van der Waals surface area contributed by atoms with Crippen molar-refractivity contribution in [2.75, 3.05) is 5.32 Å². The molecule has 0 atom stereocenters. The first-order valence-electron chi connectivity index (χ1n) is 8.01. The molecule has 3 rings (SSSR count). The number of carbonyl (C=O) groups is 1. The molecule has 0 aliphatic rings. The zero-order valence-corrected chi connectivity index (χ0v) is 14.9. The number of hydrogen-bond acceptors (Lipinski definition) is 5. The molecule has 1 aromatic carbocycles. The second-order valence-corrected chi connectivity index (χ2v) is 5.87. The highest BCUT2D eigenvalue weighted by atomic mass is 19.1. The van der Waals surface area contributed by atoms with Crippen LogP contribution in [0.3, 0.4) is 0 Å². The van der Waals surface area contributed by atoms with Gasteiger partial charge in [0.05, 0.1) is 22.6 Å². The highest BCUT2D eigenvalue weighted by Crippen LogP contribution is 2.26. The molecule has 0 unspecified atom stereocenters. The van der Waals surface area contributed by atoms with E-state index in [9.17, 15) is 9.18 Å². The molecule has 0 fully saturated rings. The number of rotatable bonds is 4. The Hall–Kier alpha value is -3.22. The zero-order valence-electron chi connectivity index (χ0n) is 14.9. The van der Waals surface area contributed by atoms with E-state index in [1.807, 2.05) is 0 Å². The molecule has 1 N–H and O–H groups in total. The second-order valence-electron chi connectivity index (χ2n) is 5.87. The Kier molecular flexibility index (Phi) is 4.71. The van der Waals surface area contributed by atoms with E-state index in [1.54, 1.807) is 45.9 Å². The minimum atomic E-state index is -0.505. The molecular formula is C19H18FN3O3. The number of carbonyl (C=O) groups excluding carboxylic acids is 1. The molecule has 0 spiro atoms. The molecule has 0 aliphatic heterocycles. The van der Waals surface area contributed by atoms with E-state index >= 15 is 0 Å². The molecular weight excluding hydrogens is 337 g/mol. The van der Waals surface area contributed by atoms with Gasteiger partial charge in [-0.2, -0.15) is 9.97 Å². The Morgan fingerprint density at radius 1 is 1.12 bits per heavy atom. The van der Waals surface area contributed by atoms with Crippen LogP contribution in [-0.4, -0.2) is 15.9 Å². The van der Waals surface area contributed by atoms with Crippen LogP contribution in [-0.2, 0) is 0 Å². The minimum Gasteiger partial charge on any atom is -0.466 e. The minimum absolute atomic E-state index is 0.0124. The van der Waals surface area contributed by atoms with Crippen LogP contribution in [0.25, 0.3) is 0 Å². The van der Waals surface area contributed by atoms with Gasteiger partial charge in [0, 0.05) is 0 Å². The van der Waals surface area contributed by atoms with Crippen molar-refractivity contribution in [3.63, 3.8) is 0 Å². The summed E-state index contributed by atoms with van der Waals surface area (Å²) in [5, 5.41) is 2.80. The topological polar surface area (TPSA) is 77.2 Å². The first-order valence-corrected chi connectivity index (χ1v) is 8.01.